The molecule has 0 radical (unpaired) electrons. The highest BCUT2D eigenvalue weighted by atomic mass is 32.2. The molecular weight excluding hydrogens is 280 g/mol. The van der Waals surface area contributed by atoms with Crippen molar-refractivity contribution in [1.29, 1.82) is 0 Å². The van der Waals surface area contributed by atoms with Gasteiger partial charge in [-0.2, -0.15) is 0 Å². The third-order valence-electron chi connectivity index (χ3n) is 3.64. The lowest BCUT2D eigenvalue weighted by Crippen LogP contribution is -2.56. The summed E-state index contributed by atoms with van der Waals surface area (Å²) in [5.74, 6) is -0.453. The molecule has 2 aliphatic heterocycles. The second kappa shape index (κ2) is 6.22. The first-order valence-corrected chi connectivity index (χ1v) is 8.06. The number of carboxylic acids is 1. The number of amides is 2. The van der Waals surface area contributed by atoms with Crippen LogP contribution in [0.25, 0.3) is 0 Å². The molecule has 20 heavy (non-hydrogen) atoms. The Morgan fingerprint density at radius 1 is 1.30 bits per heavy atom. The smallest absolute Gasteiger partial charge is 0.327 e. The summed E-state index contributed by atoms with van der Waals surface area (Å²) in [6.45, 7) is 6.88. The van der Waals surface area contributed by atoms with Crippen LogP contribution in [0.2, 0.25) is 0 Å². The van der Waals surface area contributed by atoms with E-state index in [1.807, 2.05) is 20.8 Å². The van der Waals surface area contributed by atoms with Crippen molar-refractivity contribution in [2.45, 2.75) is 50.8 Å². The molecule has 2 heterocycles. The van der Waals surface area contributed by atoms with Gasteiger partial charge in [-0.15, -0.1) is 11.8 Å². The van der Waals surface area contributed by atoms with Gasteiger partial charge in [-0.05, 0) is 20.3 Å². The van der Waals surface area contributed by atoms with Crippen LogP contribution in [0.4, 0.5) is 4.79 Å². The summed E-state index contributed by atoms with van der Waals surface area (Å²) in [4.78, 5) is 27.3. The number of urea groups is 1. The topological polar surface area (TPSA) is 70.1 Å². The number of ether oxygens (including phenoxy) is 1. The molecule has 0 aliphatic carbocycles. The number of morpholine rings is 1. The second-order valence-electron chi connectivity index (χ2n) is 5.40. The molecule has 6 nitrogen and oxygen atoms in total. The van der Waals surface area contributed by atoms with Gasteiger partial charge in [0.2, 0.25) is 0 Å². The Hall–Kier alpha value is -0.950. The molecule has 2 saturated heterocycles. The highest BCUT2D eigenvalue weighted by Gasteiger charge is 2.43. The Labute approximate surface area is 123 Å². The first kappa shape index (κ1) is 15.4. The fraction of sp³-hybridized carbons (Fsp3) is 0.846. The van der Waals surface area contributed by atoms with E-state index in [9.17, 15) is 14.7 Å². The predicted molar refractivity (Wildman–Crippen MR) is 76.8 cm³/mol. The van der Waals surface area contributed by atoms with E-state index in [2.05, 4.69) is 0 Å². The number of hydrogen-bond acceptors (Lipinski definition) is 4. The van der Waals surface area contributed by atoms with E-state index in [0.29, 0.717) is 18.8 Å². The van der Waals surface area contributed by atoms with E-state index < -0.39 is 12.0 Å². The number of carbonyl (C=O) groups excluding carboxylic acids is 1. The molecule has 0 aromatic rings. The molecule has 0 aromatic heterocycles. The number of carboxylic acid groups (broad SMARTS) is 1. The third kappa shape index (κ3) is 3.03. The molecule has 0 saturated carbocycles. The van der Waals surface area contributed by atoms with Gasteiger partial charge in [-0.3, -0.25) is 4.90 Å². The maximum atomic E-state index is 12.7. The van der Waals surface area contributed by atoms with Gasteiger partial charge in [0, 0.05) is 18.8 Å². The maximum Gasteiger partial charge on any atom is 0.327 e. The van der Waals surface area contributed by atoms with Gasteiger partial charge in [0.15, 0.2) is 0 Å². The van der Waals surface area contributed by atoms with E-state index in [4.69, 9.17) is 4.74 Å². The van der Waals surface area contributed by atoms with Gasteiger partial charge in [0.25, 0.3) is 0 Å². The Bertz CT molecular complexity index is 383. The predicted octanol–water partition coefficient (Wildman–Crippen LogP) is 1.45. The van der Waals surface area contributed by atoms with E-state index in [0.717, 1.165) is 6.42 Å². The third-order valence-corrected chi connectivity index (χ3v) is 5.09. The van der Waals surface area contributed by atoms with Gasteiger partial charge in [-0.1, -0.05) is 6.92 Å². The monoisotopic (exact) mass is 302 g/mol. The molecule has 0 spiro atoms. The van der Waals surface area contributed by atoms with Crippen LogP contribution in [-0.2, 0) is 9.53 Å². The van der Waals surface area contributed by atoms with Gasteiger partial charge in [0.1, 0.15) is 6.04 Å². The molecule has 0 bridgehead atoms. The molecule has 2 aliphatic rings. The number of rotatable bonds is 2. The maximum absolute atomic E-state index is 12.7. The van der Waals surface area contributed by atoms with E-state index >= 15 is 0 Å². The largest absolute Gasteiger partial charge is 0.480 e. The number of carbonyl (C=O) groups is 2. The standard InChI is InChI=1S/C13H22N2O4S/c1-4-11-15(10(7-20-11)12(16)17)13(18)14-5-8(2)19-9(3)6-14/h8-11H,4-7H2,1-3H3,(H,16,17)/t8-,9+,10?,11?. The highest BCUT2D eigenvalue weighted by molar-refractivity contribution is 8.00. The number of nitrogens with zero attached hydrogens (tertiary/aromatic N) is 2. The minimum Gasteiger partial charge on any atom is -0.480 e. The Morgan fingerprint density at radius 3 is 2.40 bits per heavy atom. The summed E-state index contributed by atoms with van der Waals surface area (Å²) in [6.07, 6.45) is 0.734. The first-order chi connectivity index (χ1) is 9.43. The van der Waals surface area contributed by atoms with Crippen LogP contribution in [-0.4, -0.2) is 69.4 Å². The van der Waals surface area contributed by atoms with Crippen molar-refractivity contribution in [3.05, 3.63) is 0 Å². The zero-order chi connectivity index (χ0) is 14.9. The number of thioether (sulfide) groups is 1. The minimum atomic E-state index is -0.920. The SMILES string of the molecule is CCC1SCC(C(=O)O)N1C(=O)N1C[C@@H](C)O[C@@H](C)C1. The van der Waals surface area contributed by atoms with Crippen molar-refractivity contribution in [2.75, 3.05) is 18.8 Å². The average molecular weight is 302 g/mol. The summed E-state index contributed by atoms with van der Waals surface area (Å²) >= 11 is 1.55. The van der Waals surface area contributed by atoms with Gasteiger partial charge in [0.05, 0.1) is 17.6 Å². The van der Waals surface area contributed by atoms with Crippen LogP contribution < -0.4 is 0 Å². The minimum absolute atomic E-state index is 0.0127. The zero-order valence-corrected chi connectivity index (χ0v) is 12.9. The summed E-state index contributed by atoms with van der Waals surface area (Å²) < 4.78 is 5.62. The average Bonchev–Trinajstić information content (AvgIpc) is 2.80. The number of aliphatic carboxylic acids is 1. The summed E-state index contributed by atoms with van der Waals surface area (Å²) in [5.41, 5.74) is 0. The Kier molecular flexibility index (Phi) is 4.80. The van der Waals surface area contributed by atoms with Gasteiger partial charge >= 0.3 is 12.0 Å². The van der Waals surface area contributed by atoms with Crippen molar-refractivity contribution in [3.63, 3.8) is 0 Å². The van der Waals surface area contributed by atoms with Crippen LogP contribution in [0, 0.1) is 0 Å². The Morgan fingerprint density at radius 2 is 1.90 bits per heavy atom. The molecular formula is C13H22N2O4S. The molecule has 0 aromatic carbocycles. The Balaban J connectivity index is 2.14. The molecule has 4 atom stereocenters. The van der Waals surface area contributed by atoms with E-state index in [1.54, 1.807) is 16.7 Å². The summed E-state index contributed by atoms with van der Waals surface area (Å²) in [7, 11) is 0. The van der Waals surface area contributed by atoms with Crippen LogP contribution in [0.1, 0.15) is 27.2 Å². The molecule has 114 valence electrons. The molecule has 2 fully saturated rings. The number of hydrogen-bond donors (Lipinski definition) is 1. The molecule has 1 N–H and O–H groups in total. The molecule has 2 unspecified atom stereocenters. The quantitative estimate of drug-likeness (QED) is 0.836. The summed E-state index contributed by atoms with van der Waals surface area (Å²) in [6, 6.07) is -0.887. The molecule has 7 heteroatoms. The summed E-state index contributed by atoms with van der Waals surface area (Å²) in [5, 5.41) is 9.25. The first-order valence-electron chi connectivity index (χ1n) is 7.01. The van der Waals surface area contributed by atoms with Crippen molar-refractivity contribution >= 4 is 23.8 Å². The molecule has 2 rings (SSSR count). The highest BCUT2D eigenvalue weighted by Crippen LogP contribution is 2.32. The van der Waals surface area contributed by atoms with Crippen molar-refractivity contribution in [3.8, 4) is 0 Å². The fourth-order valence-corrected chi connectivity index (χ4v) is 4.16. The van der Waals surface area contributed by atoms with Crippen molar-refractivity contribution in [2.24, 2.45) is 0 Å². The van der Waals surface area contributed by atoms with Crippen LogP contribution in [0.5, 0.6) is 0 Å². The lowest BCUT2D eigenvalue weighted by atomic mass is 10.2. The lowest BCUT2D eigenvalue weighted by Gasteiger charge is -2.39. The van der Waals surface area contributed by atoms with Crippen LogP contribution in [0.3, 0.4) is 0 Å². The van der Waals surface area contributed by atoms with Gasteiger partial charge < -0.3 is 14.7 Å². The van der Waals surface area contributed by atoms with Crippen molar-refractivity contribution < 1.29 is 19.4 Å². The van der Waals surface area contributed by atoms with E-state index in [-0.39, 0.29) is 23.6 Å². The normalized spacial score (nSPS) is 34.4. The molecule has 2 amide bonds. The lowest BCUT2D eigenvalue weighted by molar-refractivity contribution is -0.141. The second-order valence-corrected chi connectivity index (χ2v) is 6.61. The van der Waals surface area contributed by atoms with Gasteiger partial charge in [-0.25, -0.2) is 9.59 Å². The zero-order valence-electron chi connectivity index (χ0n) is 12.1. The van der Waals surface area contributed by atoms with Crippen LogP contribution in [0.15, 0.2) is 0 Å². The van der Waals surface area contributed by atoms with Crippen molar-refractivity contribution in [1.82, 2.24) is 9.80 Å². The van der Waals surface area contributed by atoms with E-state index in [1.165, 1.54) is 4.90 Å². The fourth-order valence-electron chi connectivity index (χ4n) is 2.82. The van der Waals surface area contributed by atoms with Crippen LogP contribution >= 0.6 is 11.8 Å².